The van der Waals surface area contributed by atoms with E-state index in [2.05, 4.69) is 15.9 Å². The first-order valence-electron chi connectivity index (χ1n) is 7.81. The maximum Gasteiger partial charge on any atom is 0.316 e. The van der Waals surface area contributed by atoms with E-state index >= 15 is 0 Å². The zero-order chi connectivity index (χ0) is 17.7. The van der Waals surface area contributed by atoms with Crippen molar-refractivity contribution < 1.29 is 19.1 Å². The van der Waals surface area contributed by atoms with Crippen molar-refractivity contribution >= 4 is 39.6 Å². The van der Waals surface area contributed by atoms with Crippen LogP contribution in [0.25, 0.3) is 0 Å². The number of morpholine rings is 1. The normalized spacial score (nSPS) is 17.7. The maximum atomic E-state index is 12.0. The van der Waals surface area contributed by atoms with Crippen LogP contribution < -0.4 is 0 Å². The monoisotopic (exact) mass is 415 g/mol. The summed E-state index contributed by atoms with van der Waals surface area (Å²) < 4.78 is 11.6. The zero-order valence-corrected chi connectivity index (χ0v) is 16.5. The molecule has 0 bridgehead atoms. The Morgan fingerprint density at radius 2 is 2.12 bits per heavy atom. The van der Waals surface area contributed by atoms with E-state index in [0.29, 0.717) is 19.7 Å². The molecule has 0 N–H and O–H groups in total. The molecule has 2 rings (SSSR count). The van der Waals surface area contributed by atoms with Crippen LogP contribution >= 0.6 is 27.7 Å². The number of carbonyl (C=O) groups is 2. The molecule has 0 saturated carbocycles. The second-order valence-electron chi connectivity index (χ2n) is 5.84. The fourth-order valence-corrected chi connectivity index (χ4v) is 3.73. The minimum absolute atomic E-state index is 0.0255. The molecule has 0 spiro atoms. The highest BCUT2D eigenvalue weighted by Gasteiger charge is 2.22. The third-order valence-corrected chi connectivity index (χ3v) is 5.74. The summed E-state index contributed by atoms with van der Waals surface area (Å²) in [5.74, 6) is -0.358. The van der Waals surface area contributed by atoms with Gasteiger partial charge in [-0.3, -0.25) is 9.59 Å². The first kappa shape index (κ1) is 19.3. The van der Waals surface area contributed by atoms with E-state index in [1.807, 2.05) is 32.9 Å². The molecule has 1 aromatic rings. The lowest BCUT2D eigenvalue weighted by Crippen LogP contribution is -2.46. The van der Waals surface area contributed by atoms with Crippen molar-refractivity contribution in [2.75, 3.05) is 32.1 Å². The SMILES string of the molecule is Cc1cc(SCC(=O)OCC(=O)N2CCOC(C)C2)c(C)cc1Br. The van der Waals surface area contributed by atoms with Gasteiger partial charge in [0.05, 0.1) is 18.5 Å². The number of hydrogen-bond acceptors (Lipinski definition) is 5. The quantitative estimate of drug-likeness (QED) is 0.546. The summed E-state index contributed by atoms with van der Waals surface area (Å²) in [6.07, 6.45) is 0.0255. The molecule has 1 aromatic carbocycles. The van der Waals surface area contributed by atoms with Gasteiger partial charge in [-0.05, 0) is 44.0 Å². The van der Waals surface area contributed by atoms with Crippen LogP contribution in [-0.2, 0) is 19.1 Å². The molecule has 132 valence electrons. The van der Waals surface area contributed by atoms with E-state index in [9.17, 15) is 9.59 Å². The van der Waals surface area contributed by atoms with E-state index in [0.717, 1.165) is 20.5 Å². The smallest absolute Gasteiger partial charge is 0.316 e. The predicted octanol–water partition coefficient (Wildman–Crippen LogP) is 2.95. The number of amides is 1. The molecule has 0 aliphatic carbocycles. The van der Waals surface area contributed by atoms with Gasteiger partial charge in [0.1, 0.15) is 0 Å². The average Bonchev–Trinajstić information content (AvgIpc) is 2.54. The molecular weight excluding hydrogens is 394 g/mol. The molecule has 24 heavy (non-hydrogen) atoms. The first-order chi connectivity index (χ1) is 11.4. The number of ether oxygens (including phenoxy) is 2. The molecule has 1 unspecified atom stereocenters. The lowest BCUT2D eigenvalue weighted by molar-refractivity contribution is -0.153. The number of nitrogens with zero attached hydrogens (tertiary/aromatic N) is 1. The molecule has 1 aliphatic rings. The van der Waals surface area contributed by atoms with Crippen LogP contribution in [0.1, 0.15) is 18.1 Å². The molecule has 1 heterocycles. The van der Waals surface area contributed by atoms with Crippen molar-refractivity contribution in [3.05, 3.63) is 27.7 Å². The van der Waals surface area contributed by atoms with E-state index in [4.69, 9.17) is 9.47 Å². The summed E-state index contributed by atoms with van der Waals surface area (Å²) in [5.41, 5.74) is 2.22. The van der Waals surface area contributed by atoms with Crippen molar-refractivity contribution in [1.82, 2.24) is 4.90 Å². The Morgan fingerprint density at radius 3 is 2.83 bits per heavy atom. The molecule has 0 radical (unpaired) electrons. The fraction of sp³-hybridized carbons (Fsp3) is 0.529. The van der Waals surface area contributed by atoms with Crippen LogP contribution in [0.15, 0.2) is 21.5 Å². The molecule has 1 atom stereocenters. The van der Waals surface area contributed by atoms with Crippen molar-refractivity contribution in [2.24, 2.45) is 0 Å². The van der Waals surface area contributed by atoms with E-state index in [1.54, 1.807) is 4.90 Å². The third kappa shape index (κ3) is 5.50. The van der Waals surface area contributed by atoms with Gasteiger partial charge in [-0.15, -0.1) is 11.8 Å². The predicted molar refractivity (Wildman–Crippen MR) is 97.3 cm³/mol. The summed E-state index contributed by atoms with van der Waals surface area (Å²) in [6.45, 7) is 7.35. The first-order valence-corrected chi connectivity index (χ1v) is 9.59. The van der Waals surface area contributed by atoms with Gasteiger partial charge in [-0.25, -0.2) is 0 Å². The second-order valence-corrected chi connectivity index (χ2v) is 7.71. The summed E-state index contributed by atoms with van der Waals surface area (Å²) in [4.78, 5) is 26.6. The second kappa shape index (κ2) is 8.87. The van der Waals surface area contributed by atoms with Gasteiger partial charge >= 0.3 is 5.97 Å². The largest absolute Gasteiger partial charge is 0.455 e. The van der Waals surface area contributed by atoms with Crippen molar-refractivity contribution in [2.45, 2.75) is 31.8 Å². The topological polar surface area (TPSA) is 55.8 Å². The number of thioether (sulfide) groups is 1. The number of halogens is 1. The molecular formula is C17H22BrNO4S. The number of carbonyl (C=O) groups excluding carboxylic acids is 2. The van der Waals surface area contributed by atoms with Gasteiger partial charge < -0.3 is 14.4 Å². The zero-order valence-electron chi connectivity index (χ0n) is 14.1. The fourth-order valence-electron chi connectivity index (χ4n) is 2.37. The molecule has 5 nitrogen and oxygen atoms in total. The number of rotatable bonds is 5. The summed E-state index contributed by atoms with van der Waals surface area (Å²) in [6, 6.07) is 4.07. The summed E-state index contributed by atoms with van der Waals surface area (Å²) >= 11 is 4.92. The van der Waals surface area contributed by atoms with Crippen LogP contribution in [0.2, 0.25) is 0 Å². The Bertz CT molecular complexity index is 623. The summed E-state index contributed by atoms with van der Waals surface area (Å²) in [7, 11) is 0. The lowest BCUT2D eigenvalue weighted by atomic mass is 10.2. The maximum absolute atomic E-state index is 12.0. The van der Waals surface area contributed by atoms with Gasteiger partial charge in [0.2, 0.25) is 0 Å². The van der Waals surface area contributed by atoms with Gasteiger partial charge in [-0.1, -0.05) is 15.9 Å². The van der Waals surface area contributed by atoms with Crippen molar-refractivity contribution in [3.63, 3.8) is 0 Å². The Kier molecular flexibility index (Phi) is 7.13. The van der Waals surface area contributed by atoms with E-state index in [1.165, 1.54) is 11.8 Å². The van der Waals surface area contributed by atoms with E-state index < -0.39 is 0 Å². The Morgan fingerprint density at radius 1 is 1.38 bits per heavy atom. The number of hydrogen-bond donors (Lipinski definition) is 0. The standard InChI is InChI=1S/C17H22BrNO4S/c1-11-7-15(12(2)6-14(11)18)24-10-17(21)23-9-16(20)19-4-5-22-13(3)8-19/h6-7,13H,4-5,8-10H2,1-3H3. The Balaban J connectivity index is 1.77. The Labute approximate surface area is 155 Å². The number of aryl methyl sites for hydroxylation is 2. The van der Waals surface area contributed by atoms with Gasteiger partial charge in [-0.2, -0.15) is 0 Å². The van der Waals surface area contributed by atoms with Crippen LogP contribution in [0.4, 0.5) is 0 Å². The van der Waals surface area contributed by atoms with Crippen molar-refractivity contribution in [1.29, 1.82) is 0 Å². The van der Waals surface area contributed by atoms with Crippen LogP contribution in [0, 0.1) is 13.8 Å². The Hall–Kier alpha value is -1.05. The highest BCUT2D eigenvalue weighted by atomic mass is 79.9. The highest BCUT2D eigenvalue weighted by molar-refractivity contribution is 9.10. The highest BCUT2D eigenvalue weighted by Crippen LogP contribution is 2.28. The average molecular weight is 416 g/mol. The lowest BCUT2D eigenvalue weighted by Gasteiger charge is -2.30. The van der Waals surface area contributed by atoms with Gasteiger partial charge in [0.15, 0.2) is 6.61 Å². The number of esters is 1. The van der Waals surface area contributed by atoms with Crippen LogP contribution in [0.5, 0.6) is 0 Å². The van der Waals surface area contributed by atoms with Gasteiger partial charge in [0.25, 0.3) is 5.91 Å². The van der Waals surface area contributed by atoms with Gasteiger partial charge in [0, 0.05) is 22.5 Å². The number of benzene rings is 1. The third-order valence-electron chi connectivity index (χ3n) is 3.75. The minimum Gasteiger partial charge on any atom is -0.455 e. The molecule has 1 saturated heterocycles. The van der Waals surface area contributed by atoms with Crippen LogP contribution in [0.3, 0.4) is 0 Å². The minimum atomic E-state index is -0.380. The molecule has 1 aliphatic heterocycles. The van der Waals surface area contributed by atoms with Crippen LogP contribution in [-0.4, -0.2) is 54.9 Å². The molecule has 1 amide bonds. The molecule has 7 heteroatoms. The van der Waals surface area contributed by atoms with E-state index in [-0.39, 0.29) is 30.3 Å². The molecule has 1 fully saturated rings. The molecule has 0 aromatic heterocycles. The summed E-state index contributed by atoms with van der Waals surface area (Å²) in [5, 5.41) is 0. The van der Waals surface area contributed by atoms with Crippen molar-refractivity contribution in [3.8, 4) is 0 Å².